The van der Waals surface area contributed by atoms with E-state index in [1.807, 2.05) is 60.7 Å². The fourth-order valence-electron chi connectivity index (χ4n) is 6.64. The average Bonchev–Trinajstić information content (AvgIpc) is 3.56. The first-order valence-corrected chi connectivity index (χ1v) is 14.4. The van der Waals surface area contributed by atoms with Crippen LogP contribution in [0.4, 0.5) is 4.79 Å². The molecular formula is C31H43N3O6. The van der Waals surface area contributed by atoms with Crippen molar-refractivity contribution in [2.45, 2.75) is 87.7 Å². The van der Waals surface area contributed by atoms with E-state index in [1.165, 1.54) is 0 Å². The minimum absolute atomic E-state index is 0.0356. The monoisotopic (exact) mass is 553 g/mol. The second-order valence-electron chi connectivity index (χ2n) is 11.5. The molecule has 2 fully saturated rings. The van der Waals surface area contributed by atoms with Crippen molar-refractivity contribution < 1.29 is 30.0 Å². The third-order valence-electron chi connectivity index (χ3n) is 8.87. The smallest absolute Gasteiger partial charge is 0.404 e. The highest BCUT2D eigenvalue weighted by Crippen LogP contribution is 2.56. The van der Waals surface area contributed by atoms with Gasteiger partial charge in [0, 0.05) is 18.5 Å². The second-order valence-corrected chi connectivity index (χ2v) is 11.5. The molecule has 2 aromatic carbocycles. The van der Waals surface area contributed by atoms with Crippen molar-refractivity contribution in [2.75, 3.05) is 13.1 Å². The maximum absolute atomic E-state index is 13.6. The summed E-state index contributed by atoms with van der Waals surface area (Å²) in [4.78, 5) is 24.9. The van der Waals surface area contributed by atoms with Gasteiger partial charge in [-0.1, -0.05) is 73.5 Å². The lowest BCUT2D eigenvalue weighted by atomic mass is 9.72. The van der Waals surface area contributed by atoms with Gasteiger partial charge in [-0.05, 0) is 56.1 Å². The molecule has 7 N–H and O–H groups in total. The van der Waals surface area contributed by atoms with E-state index in [0.29, 0.717) is 19.3 Å². The first kappa shape index (κ1) is 30.0. The van der Waals surface area contributed by atoms with Gasteiger partial charge in [-0.15, -0.1) is 0 Å². The highest BCUT2D eigenvalue weighted by Gasteiger charge is 2.59. The van der Waals surface area contributed by atoms with Crippen molar-refractivity contribution >= 4 is 12.0 Å². The minimum atomic E-state index is -1.44. The molecule has 2 aromatic rings. The predicted molar refractivity (Wildman–Crippen MR) is 152 cm³/mol. The summed E-state index contributed by atoms with van der Waals surface area (Å²) >= 11 is 0. The summed E-state index contributed by atoms with van der Waals surface area (Å²) in [5.74, 6) is -0.416. The van der Waals surface area contributed by atoms with Gasteiger partial charge in [0.1, 0.15) is 5.60 Å². The first-order valence-electron chi connectivity index (χ1n) is 14.4. The zero-order chi connectivity index (χ0) is 28.6. The summed E-state index contributed by atoms with van der Waals surface area (Å²) in [5, 5.41) is 51.3. The number of benzene rings is 2. The summed E-state index contributed by atoms with van der Waals surface area (Å²) < 4.78 is 0. The van der Waals surface area contributed by atoms with Crippen molar-refractivity contribution in [1.82, 2.24) is 16.0 Å². The lowest BCUT2D eigenvalue weighted by Gasteiger charge is -2.39. The fraction of sp³-hybridized carbons (Fsp3) is 0.548. The number of hydrogen-bond donors (Lipinski definition) is 7. The van der Waals surface area contributed by atoms with E-state index < -0.39 is 41.9 Å². The summed E-state index contributed by atoms with van der Waals surface area (Å²) in [7, 11) is 0. The molecule has 9 heteroatoms. The normalized spacial score (nSPS) is 22.9. The predicted octanol–water partition coefficient (Wildman–Crippen LogP) is 2.38. The fourth-order valence-corrected chi connectivity index (χ4v) is 6.64. The number of rotatable bonds is 13. The molecule has 40 heavy (non-hydrogen) atoms. The van der Waals surface area contributed by atoms with Gasteiger partial charge in [-0.2, -0.15) is 0 Å². The van der Waals surface area contributed by atoms with Crippen LogP contribution in [0, 0.1) is 5.41 Å². The largest absolute Gasteiger partial charge is 0.465 e. The molecule has 2 amide bonds. The van der Waals surface area contributed by atoms with Gasteiger partial charge in [0.25, 0.3) is 5.91 Å². The van der Waals surface area contributed by atoms with Gasteiger partial charge in [0.2, 0.25) is 0 Å². The molecule has 0 radical (unpaired) electrons. The Balaban J connectivity index is 1.39. The Morgan fingerprint density at radius 2 is 1.20 bits per heavy atom. The van der Waals surface area contributed by atoms with Crippen LogP contribution in [-0.2, 0) is 17.6 Å². The molecule has 0 aromatic heterocycles. The molecule has 2 aliphatic carbocycles. The van der Waals surface area contributed by atoms with Gasteiger partial charge in [-0.3, -0.25) is 4.79 Å². The van der Waals surface area contributed by atoms with Crippen LogP contribution < -0.4 is 16.0 Å². The number of hydrogen-bond acceptors (Lipinski definition) is 6. The Kier molecular flexibility index (Phi) is 10.2. The van der Waals surface area contributed by atoms with E-state index in [2.05, 4.69) is 16.0 Å². The van der Waals surface area contributed by atoms with E-state index in [0.717, 1.165) is 49.7 Å². The second kappa shape index (κ2) is 13.6. The van der Waals surface area contributed by atoms with Crippen LogP contribution in [0.15, 0.2) is 60.7 Å². The van der Waals surface area contributed by atoms with Crippen LogP contribution in [-0.4, -0.2) is 75.4 Å². The van der Waals surface area contributed by atoms with Crippen molar-refractivity contribution in [1.29, 1.82) is 0 Å². The quantitative estimate of drug-likeness (QED) is 0.201. The Morgan fingerprint density at radius 3 is 1.70 bits per heavy atom. The summed E-state index contributed by atoms with van der Waals surface area (Å²) in [6.07, 6.45) is 3.19. The zero-order valence-corrected chi connectivity index (χ0v) is 23.0. The van der Waals surface area contributed by atoms with Crippen LogP contribution in [0.25, 0.3) is 0 Å². The van der Waals surface area contributed by atoms with Crippen LogP contribution >= 0.6 is 0 Å². The number of nitrogens with one attached hydrogen (secondary N) is 3. The molecule has 0 aliphatic heterocycles. The van der Waals surface area contributed by atoms with E-state index >= 15 is 0 Å². The van der Waals surface area contributed by atoms with Crippen molar-refractivity contribution in [3.8, 4) is 0 Å². The van der Waals surface area contributed by atoms with Gasteiger partial charge in [0.05, 0.1) is 24.3 Å². The topological polar surface area (TPSA) is 151 Å². The number of aliphatic hydroxyl groups is 3. The Labute approximate surface area is 236 Å². The van der Waals surface area contributed by atoms with Crippen LogP contribution in [0.1, 0.15) is 56.1 Å². The molecule has 0 heterocycles. The van der Waals surface area contributed by atoms with Crippen molar-refractivity contribution in [3.63, 3.8) is 0 Å². The van der Waals surface area contributed by atoms with E-state index in [4.69, 9.17) is 0 Å². The number of amides is 2. The molecule has 1 spiro atoms. The molecule has 5 atom stereocenters. The van der Waals surface area contributed by atoms with Crippen LogP contribution in [0.5, 0.6) is 0 Å². The van der Waals surface area contributed by atoms with Gasteiger partial charge >= 0.3 is 6.09 Å². The maximum atomic E-state index is 13.6. The van der Waals surface area contributed by atoms with Gasteiger partial charge in [0.15, 0.2) is 0 Å². The summed E-state index contributed by atoms with van der Waals surface area (Å²) in [5.41, 5.74) is 0.00645. The Bertz CT molecular complexity index is 1090. The first-order chi connectivity index (χ1) is 19.2. The number of carboxylic acid groups (broad SMARTS) is 1. The highest BCUT2D eigenvalue weighted by atomic mass is 16.4. The Hall–Kier alpha value is -2.98. The summed E-state index contributed by atoms with van der Waals surface area (Å²) in [6.45, 7) is 0.0947. The molecule has 9 nitrogen and oxygen atoms in total. The summed E-state index contributed by atoms with van der Waals surface area (Å²) in [6, 6.07) is 17.4. The number of aliphatic hydroxyl groups excluding tert-OH is 2. The highest BCUT2D eigenvalue weighted by molar-refractivity contribution is 5.86. The van der Waals surface area contributed by atoms with Crippen molar-refractivity contribution in [3.05, 3.63) is 71.8 Å². The number of carbonyl (C=O) groups excluding carboxylic acids is 1. The molecule has 0 bridgehead atoms. The van der Waals surface area contributed by atoms with Gasteiger partial charge in [-0.25, -0.2) is 4.79 Å². The van der Waals surface area contributed by atoms with E-state index in [9.17, 15) is 30.0 Å². The molecular weight excluding hydrogens is 510 g/mol. The third-order valence-corrected chi connectivity index (χ3v) is 8.87. The third kappa shape index (κ3) is 7.20. The average molecular weight is 554 g/mol. The number of carbonyl (C=O) groups is 2. The maximum Gasteiger partial charge on any atom is 0.404 e. The van der Waals surface area contributed by atoms with Crippen molar-refractivity contribution in [2.24, 2.45) is 5.41 Å². The molecule has 2 aliphatic rings. The van der Waals surface area contributed by atoms with Crippen LogP contribution in [0.2, 0.25) is 0 Å². The van der Waals surface area contributed by atoms with E-state index in [-0.39, 0.29) is 18.5 Å². The van der Waals surface area contributed by atoms with Gasteiger partial charge < -0.3 is 36.4 Å². The van der Waals surface area contributed by atoms with E-state index in [1.54, 1.807) is 0 Å². The zero-order valence-electron chi connectivity index (χ0n) is 23.0. The Morgan fingerprint density at radius 1 is 0.725 bits per heavy atom. The lowest BCUT2D eigenvalue weighted by molar-refractivity contribution is -0.153. The molecule has 4 rings (SSSR count). The SMILES string of the molecule is O=C(O)N[C@@H](Cc1ccccc1)[C@H](O)CNCC(O)[C@H](Cc1ccccc1)NC(=O)C1(O)CCCC12CCCC2. The molecule has 2 saturated carbocycles. The lowest BCUT2D eigenvalue weighted by Crippen LogP contribution is -2.59. The molecule has 2 unspecified atom stereocenters. The minimum Gasteiger partial charge on any atom is -0.465 e. The molecule has 0 saturated heterocycles. The van der Waals surface area contributed by atoms with Crippen LogP contribution in [0.3, 0.4) is 0 Å². The molecule has 218 valence electrons. The standard InChI is InChI=1S/C31H43N3O6/c35-26(20-32-21-27(36)25(34-29(38)39)19-23-12-5-2-6-13-23)24(18-22-10-3-1-4-11-22)33-28(37)31(40)17-9-16-30(31)14-7-8-15-30/h1-6,10-13,24-27,32,34-36,40H,7-9,14-21H2,(H,33,37)(H,38,39)/t24-,25-,26?,27+,31?/m0/s1.